The maximum absolute atomic E-state index is 4.80. The van der Waals surface area contributed by atoms with Crippen molar-refractivity contribution in [1.29, 1.82) is 0 Å². The third-order valence-electron chi connectivity index (χ3n) is 1.47. The first-order valence-electron chi connectivity index (χ1n) is 5.68. The fourth-order valence-electron chi connectivity index (χ4n) is 0.500. The summed E-state index contributed by atoms with van der Waals surface area (Å²) in [5.74, 6) is 0. The zero-order valence-electron chi connectivity index (χ0n) is 12.7. The fourth-order valence-corrected chi connectivity index (χ4v) is 1.00. The highest BCUT2D eigenvalue weighted by Crippen LogP contribution is 1.65. The van der Waals surface area contributed by atoms with E-state index in [9.17, 15) is 0 Å². The van der Waals surface area contributed by atoms with Crippen molar-refractivity contribution in [2.24, 2.45) is 0 Å². The van der Waals surface area contributed by atoms with Crippen LogP contribution in [0.4, 0.5) is 0 Å². The first kappa shape index (κ1) is 27.9. The summed E-state index contributed by atoms with van der Waals surface area (Å²) in [7, 11) is 7.47. The molecule has 0 amide bonds. The minimum Gasteiger partial charge on any atom is -0.426 e. The lowest BCUT2D eigenvalue weighted by Crippen LogP contribution is -1.97. The van der Waals surface area contributed by atoms with Gasteiger partial charge in [0.1, 0.15) is 31.5 Å². The summed E-state index contributed by atoms with van der Waals surface area (Å²) in [6.45, 7) is 4.44. The molecule has 0 aliphatic carbocycles. The molecule has 0 atom stereocenters. The summed E-state index contributed by atoms with van der Waals surface area (Å²) in [4.78, 5) is 0. The smallest absolute Gasteiger partial charge is 0.146 e. The molecule has 0 radical (unpaired) electrons. The van der Waals surface area contributed by atoms with Gasteiger partial charge >= 0.3 is 0 Å². The molecule has 0 bridgehead atoms. The average molecular weight is 351 g/mol. The van der Waals surface area contributed by atoms with Gasteiger partial charge in [-0.1, -0.05) is 0 Å². The number of methoxy groups -OCH3 is 3. The maximum Gasteiger partial charge on any atom is 0.146 e. The number of hydrogen-bond donors (Lipinski definition) is 0. The number of ether oxygens (including phenoxy) is 3. The Hall–Kier alpha value is 0.628. The van der Waals surface area contributed by atoms with Crippen molar-refractivity contribution < 1.29 is 27.5 Å². The van der Waals surface area contributed by atoms with Crippen molar-refractivity contribution in [3.05, 3.63) is 0 Å². The van der Waals surface area contributed by atoms with Crippen LogP contribution < -0.4 is 0 Å². The molecular formula is C9H34O6Si4. The summed E-state index contributed by atoms with van der Waals surface area (Å²) >= 11 is 0. The second-order valence-electron chi connectivity index (χ2n) is 2.96. The Kier molecular flexibility index (Phi) is 53.3. The van der Waals surface area contributed by atoms with Gasteiger partial charge in [-0.25, -0.2) is 0 Å². The largest absolute Gasteiger partial charge is 0.426 e. The molecule has 6 nitrogen and oxygen atoms in total. The van der Waals surface area contributed by atoms with E-state index in [4.69, 9.17) is 13.3 Å². The molecule has 0 aromatic heterocycles. The van der Waals surface area contributed by atoms with Crippen molar-refractivity contribution >= 4 is 42.4 Å². The monoisotopic (exact) mass is 350 g/mol. The number of hydrogen-bond acceptors (Lipinski definition) is 6. The molecule has 0 rings (SSSR count). The van der Waals surface area contributed by atoms with Crippen LogP contribution in [0.2, 0.25) is 0 Å². The molecule has 10 heteroatoms. The maximum atomic E-state index is 4.80. The van der Waals surface area contributed by atoms with Crippen molar-refractivity contribution in [2.75, 3.05) is 61.0 Å². The highest BCUT2D eigenvalue weighted by atomic mass is 28.2. The highest BCUT2D eigenvalue weighted by Gasteiger charge is 1.74. The van der Waals surface area contributed by atoms with E-state index in [0.717, 1.165) is 71.1 Å². The molecule has 0 saturated carbocycles. The van der Waals surface area contributed by atoms with Gasteiger partial charge in [0.2, 0.25) is 0 Å². The van der Waals surface area contributed by atoms with E-state index < -0.39 is 0 Å². The van der Waals surface area contributed by atoms with Gasteiger partial charge in [0, 0.05) is 21.3 Å². The Morgan fingerprint density at radius 1 is 0.526 bits per heavy atom. The fraction of sp³-hybridized carbons (Fsp3) is 1.00. The van der Waals surface area contributed by atoms with E-state index in [1.807, 2.05) is 0 Å². The molecule has 0 aromatic carbocycles. The molecule has 0 aromatic rings. The van der Waals surface area contributed by atoms with Crippen LogP contribution in [0, 0.1) is 0 Å². The lowest BCUT2D eigenvalue weighted by molar-refractivity contribution is 0.152. The molecule has 0 spiro atoms. The standard InChI is InChI=1S/3C3H10O2Si.H4Si/c3*1-4-2-3-5-6;/h3*2-3H2,1,6H3;1H4. The van der Waals surface area contributed by atoms with Gasteiger partial charge in [-0.15, -0.1) is 0 Å². The topological polar surface area (TPSA) is 55.4 Å². The Balaban J connectivity index is -0.0000000865. The Morgan fingerprint density at radius 3 is 0.789 bits per heavy atom. The second kappa shape index (κ2) is 36.3. The summed E-state index contributed by atoms with van der Waals surface area (Å²) < 4.78 is 28.4. The van der Waals surface area contributed by atoms with Crippen molar-refractivity contribution in [3.8, 4) is 0 Å². The molecular weight excluding hydrogens is 316 g/mol. The average Bonchev–Trinajstić information content (AvgIpc) is 2.42. The van der Waals surface area contributed by atoms with E-state index >= 15 is 0 Å². The first-order valence-corrected chi connectivity index (χ1v) is 8.13. The van der Waals surface area contributed by atoms with E-state index in [0.29, 0.717) is 0 Å². The SMILES string of the molecule is COCCO[SiH3].COCCO[SiH3].COCCO[SiH3].[SiH4]. The molecule has 122 valence electrons. The summed E-state index contributed by atoms with van der Waals surface area (Å²) in [6, 6.07) is 0. The van der Waals surface area contributed by atoms with Gasteiger partial charge in [0.25, 0.3) is 0 Å². The molecule has 0 aliphatic rings. The van der Waals surface area contributed by atoms with Gasteiger partial charge in [0.05, 0.1) is 39.6 Å². The quantitative estimate of drug-likeness (QED) is 0.308. The Bertz CT molecular complexity index is 83.7. The zero-order chi connectivity index (χ0) is 14.5. The van der Waals surface area contributed by atoms with Crippen LogP contribution in [-0.4, -0.2) is 103 Å². The third kappa shape index (κ3) is 55.6. The molecule has 0 saturated heterocycles. The first-order chi connectivity index (χ1) is 8.74. The minimum absolute atomic E-state index is 0. The predicted octanol–water partition coefficient (Wildman–Crippen LogP) is -4.66. The van der Waals surface area contributed by atoms with Crippen LogP contribution in [0.3, 0.4) is 0 Å². The summed E-state index contributed by atoms with van der Waals surface area (Å²) in [5, 5.41) is 0. The van der Waals surface area contributed by atoms with Crippen LogP contribution in [-0.2, 0) is 27.5 Å². The normalized spacial score (nSPS) is 9.00. The predicted molar refractivity (Wildman–Crippen MR) is 94.6 cm³/mol. The van der Waals surface area contributed by atoms with Crippen LogP contribution in [0.5, 0.6) is 0 Å². The highest BCUT2D eigenvalue weighted by molar-refractivity contribution is 5.98. The van der Waals surface area contributed by atoms with Gasteiger partial charge in [-0.05, 0) is 11.0 Å². The van der Waals surface area contributed by atoms with E-state index in [1.54, 1.807) is 21.3 Å². The molecule has 19 heavy (non-hydrogen) atoms. The van der Waals surface area contributed by atoms with Gasteiger partial charge in [-0.2, -0.15) is 0 Å². The van der Waals surface area contributed by atoms with E-state index in [1.165, 1.54) is 0 Å². The summed E-state index contributed by atoms with van der Waals surface area (Å²) in [6.07, 6.45) is 0. The Labute approximate surface area is 131 Å². The molecule has 0 heterocycles. The van der Waals surface area contributed by atoms with Gasteiger partial charge in [0.15, 0.2) is 0 Å². The van der Waals surface area contributed by atoms with Crippen LogP contribution >= 0.6 is 0 Å². The van der Waals surface area contributed by atoms with Crippen molar-refractivity contribution in [1.82, 2.24) is 0 Å². The third-order valence-corrected chi connectivity index (χ3v) is 2.70. The molecule has 0 fully saturated rings. The van der Waals surface area contributed by atoms with Gasteiger partial charge in [-0.3, -0.25) is 0 Å². The second-order valence-corrected chi connectivity index (χ2v) is 4.69. The zero-order valence-corrected chi connectivity index (χ0v) is 18.7. The lowest BCUT2D eigenvalue weighted by atomic mass is 10.8. The van der Waals surface area contributed by atoms with Crippen LogP contribution in [0.15, 0.2) is 0 Å². The summed E-state index contributed by atoms with van der Waals surface area (Å²) in [5.41, 5.74) is 0. The lowest BCUT2D eigenvalue weighted by Gasteiger charge is -1.92. The van der Waals surface area contributed by atoms with Crippen LogP contribution in [0.25, 0.3) is 0 Å². The van der Waals surface area contributed by atoms with E-state index in [2.05, 4.69) is 14.2 Å². The van der Waals surface area contributed by atoms with Gasteiger partial charge < -0.3 is 27.5 Å². The molecule has 0 unspecified atom stereocenters. The number of rotatable bonds is 9. The minimum atomic E-state index is 0. The Morgan fingerprint density at radius 2 is 0.737 bits per heavy atom. The van der Waals surface area contributed by atoms with Crippen LogP contribution in [0.1, 0.15) is 0 Å². The molecule has 0 N–H and O–H groups in total. The van der Waals surface area contributed by atoms with E-state index in [-0.39, 0.29) is 11.0 Å². The molecule has 0 aliphatic heterocycles. The van der Waals surface area contributed by atoms with Crippen molar-refractivity contribution in [3.63, 3.8) is 0 Å². The van der Waals surface area contributed by atoms with Crippen molar-refractivity contribution in [2.45, 2.75) is 0 Å².